The van der Waals surface area contributed by atoms with Crippen LogP contribution in [0.3, 0.4) is 0 Å². The molecule has 2 N–H and O–H groups in total. The van der Waals surface area contributed by atoms with Crippen LogP contribution >= 0.6 is 11.5 Å². The molecular weight excluding hydrogens is 353 g/mol. The fraction of sp³-hybridized carbons (Fsp3) is 0.500. The molecule has 1 saturated heterocycles. The van der Waals surface area contributed by atoms with Gasteiger partial charge in [0.05, 0.1) is 19.6 Å². The van der Waals surface area contributed by atoms with E-state index in [2.05, 4.69) is 14.3 Å². The first-order valence-corrected chi connectivity index (χ1v) is 8.93. The van der Waals surface area contributed by atoms with Crippen LogP contribution < -0.4 is 9.80 Å². The number of halogens is 3. The average molecular weight is 373 g/mol. The molecule has 2 atom stereocenters. The van der Waals surface area contributed by atoms with Crippen LogP contribution in [0.15, 0.2) is 30.3 Å². The molecule has 0 bridgehead atoms. The minimum atomic E-state index is -4.55. The van der Waals surface area contributed by atoms with Crippen LogP contribution in [0.2, 0.25) is 0 Å². The van der Waals surface area contributed by atoms with Crippen molar-refractivity contribution in [2.45, 2.75) is 18.7 Å². The van der Waals surface area contributed by atoms with Gasteiger partial charge in [-0.1, -0.05) is 30.3 Å². The van der Waals surface area contributed by atoms with E-state index in [1.807, 2.05) is 30.3 Å². The normalized spacial score (nSPS) is 20.3. The number of rotatable bonds is 4. The molecule has 2 aromatic rings. The number of hydrogen-bond donors (Lipinski definition) is 2. The lowest BCUT2D eigenvalue weighted by molar-refractivity contribution is -0.902. The summed E-state index contributed by atoms with van der Waals surface area (Å²) in [6.07, 6.45) is -6.07. The average Bonchev–Trinajstić information content (AvgIpc) is 2.96. The van der Waals surface area contributed by atoms with Crippen LogP contribution in [0.5, 0.6) is 0 Å². The zero-order valence-electron chi connectivity index (χ0n) is 13.5. The lowest BCUT2D eigenvalue weighted by Gasteiger charge is -2.22. The molecule has 1 aliphatic heterocycles. The summed E-state index contributed by atoms with van der Waals surface area (Å²) >= 11 is 1.31. The molecule has 2 heterocycles. The molecule has 1 fully saturated rings. The van der Waals surface area contributed by atoms with Crippen molar-refractivity contribution in [2.24, 2.45) is 0 Å². The highest BCUT2D eigenvalue weighted by Crippen LogP contribution is 2.24. The number of aliphatic hydroxyl groups excluding tert-OH is 1. The number of hydrogen-bond acceptors (Lipinski definition) is 5. The first-order chi connectivity index (χ1) is 11.9. The predicted octanol–water partition coefficient (Wildman–Crippen LogP) is 1.22. The molecule has 25 heavy (non-hydrogen) atoms. The summed E-state index contributed by atoms with van der Waals surface area (Å²) in [6.45, 7) is 2.17. The highest BCUT2D eigenvalue weighted by atomic mass is 32.1. The topological polar surface area (TPSA) is 53.7 Å². The molecule has 1 aromatic heterocycles. The Hall–Kier alpha value is -1.71. The van der Waals surface area contributed by atoms with E-state index >= 15 is 0 Å². The second-order valence-electron chi connectivity index (χ2n) is 6.12. The number of nitrogens with one attached hydrogen (secondary N) is 1. The minimum Gasteiger partial charge on any atom is -0.379 e. The second kappa shape index (κ2) is 7.67. The summed E-state index contributed by atoms with van der Waals surface area (Å²) in [5, 5.41) is 10.1. The summed E-state index contributed by atoms with van der Waals surface area (Å²) in [4.78, 5) is 7.40. The summed E-state index contributed by atoms with van der Waals surface area (Å²) in [6, 6.07) is 9.67. The van der Waals surface area contributed by atoms with Gasteiger partial charge < -0.3 is 14.9 Å². The Labute approximate surface area is 147 Å². The highest BCUT2D eigenvalue weighted by Gasteiger charge is 2.41. The minimum absolute atomic E-state index is 0.303. The Balaban J connectivity index is 1.61. The Morgan fingerprint density at radius 1 is 1.20 bits per heavy atom. The van der Waals surface area contributed by atoms with Gasteiger partial charge in [0, 0.05) is 30.1 Å². The van der Waals surface area contributed by atoms with Crippen molar-refractivity contribution < 1.29 is 23.2 Å². The first kappa shape index (κ1) is 18.1. The van der Waals surface area contributed by atoms with Crippen molar-refractivity contribution in [1.82, 2.24) is 9.36 Å². The van der Waals surface area contributed by atoms with Crippen molar-refractivity contribution >= 4 is 16.7 Å². The smallest absolute Gasteiger partial charge is 0.379 e. The van der Waals surface area contributed by atoms with Crippen molar-refractivity contribution in [3.05, 3.63) is 30.3 Å². The van der Waals surface area contributed by atoms with Crippen molar-refractivity contribution in [3.63, 3.8) is 0 Å². The van der Waals surface area contributed by atoms with Gasteiger partial charge in [-0.15, -0.1) is 0 Å². The summed E-state index contributed by atoms with van der Waals surface area (Å²) < 4.78 is 41.9. The summed E-state index contributed by atoms with van der Waals surface area (Å²) in [5.74, 6) is 0.668. The third-order valence-corrected chi connectivity index (χ3v) is 5.05. The molecule has 0 aliphatic carbocycles. The molecule has 0 amide bonds. The van der Waals surface area contributed by atoms with Crippen molar-refractivity contribution in [2.75, 3.05) is 37.6 Å². The zero-order chi connectivity index (χ0) is 17.9. The van der Waals surface area contributed by atoms with E-state index < -0.39 is 12.3 Å². The van der Waals surface area contributed by atoms with Crippen LogP contribution in [-0.2, 0) is 0 Å². The quantitative estimate of drug-likeness (QED) is 0.846. The van der Waals surface area contributed by atoms with E-state index in [4.69, 9.17) is 0 Å². The maximum absolute atomic E-state index is 12.5. The molecule has 3 rings (SSSR count). The lowest BCUT2D eigenvalue weighted by atomic mass is 10.2. The van der Waals surface area contributed by atoms with Gasteiger partial charge >= 0.3 is 6.18 Å². The Morgan fingerprint density at radius 2 is 1.96 bits per heavy atom. The second-order valence-corrected chi connectivity index (χ2v) is 6.85. The number of alkyl halides is 3. The largest absolute Gasteiger partial charge is 0.419 e. The number of nitrogens with zero attached hydrogens (tertiary/aromatic N) is 3. The molecule has 136 valence electrons. The van der Waals surface area contributed by atoms with Crippen LogP contribution in [0.4, 0.5) is 18.3 Å². The van der Waals surface area contributed by atoms with E-state index in [-0.39, 0.29) is 6.54 Å². The molecule has 1 aliphatic rings. The molecule has 0 radical (unpaired) electrons. The zero-order valence-corrected chi connectivity index (χ0v) is 14.4. The fourth-order valence-electron chi connectivity index (χ4n) is 2.88. The van der Waals surface area contributed by atoms with Crippen LogP contribution in [-0.4, -0.2) is 59.5 Å². The van der Waals surface area contributed by atoms with E-state index in [9.17, 15) is 18.3 Å². The third-order valence-electron chi connectivity index (χ3n) is 4.27. The molecule has 1 unspecified atom stereocenters. The summed E-state index contributed by atoms with van der Waals surface area (Å²) in [5.41, 5.74) is 0.945. The number of aromatic nitrogens is 2. The third kappa shape index (κ3) is 4.68. The Bertz CT molecular complexity index is 680. The summed E-state index contributed by atoms with van der Waals surface area (Å²) in [7, 11) is 0. The molecule has 5 nitrogen and oxygen atoms in total. The molecule has 9 heteroatoms. The van der Waals surface area contributed by atoms with Crippen molar-refractivity contribution in [3.8, 4) is 11.4 Å². The van der Waals surface area contributed by atoms with Gasteiger partial charge in [0.2, 0.25) is 5.13 Å². The maximum atomic E-state index is 12.5. The van der Waals surface area contributed by atoms with E-state index in [1.165, 1.54) is 11.5 Å². The number of aliphatic hydroxyl groups is 1. The SMILES string of the molecule is O[C@@H](C[NH+]1CCCN(c2nc(-c3ccccc3)ns2)CC1)C(F)(F)F. The van der Waals surface area contributed by atoms with Gasteiger partial charge in [-0.3, -0.25) is 0 Å². The molecule has 0 saturated carbocycles. The van der Waals surface area contributed by atoms with Crippen LogP contribution in [0.1, 0.15) is 6.42 Å². The van der Waals surface area contributed by atoms with E-state index in [0.29, 0.717) is 25.5 Å². The lowest BCUT2D eigenvalue weighted by Crippen LogP contribution is -3.13. The van der Waals surface area contributed by atoms with Gasteiger partial charge in [-0.05, 0) is 0 Å². The van der Waals surface area contributed by atoms with Gasteiger partial charge in [0.1, 0.15) is 6.54 Å². The van der Waals surface area contributed by atoms with Gasteiger partial charge in [0.25, 0.3) is 0 Å². The van der Waals surface area contributed by atoms with Crippen molar-refractivity contribution in [1.29, 1.82) is 0 Å². The fourth-order valence-corrected chi connectivity index (χ4v) is 3.62. The monoisotopic (exact) mass is 373 g/mol. The number of benzene rings is 1. The molecule has 0 spiro atoms. The number of quaternary nitrogens is 1. The van der Waals surface area contributed by atoms with Gasteiger partial charge in [0.15, 0.2) is 11.9 Å². The van der Waals surface area contributed by atoms with Crippen LogP contribution in [0, 0.1) is 0 Å². The predicted molar refractivity (Wildman–Crippen MR) is 89.8 cm³/mol. The maximum Gasteiger partial charge on any atom is 0.419 e. The Morgan fingerprint density at radius 3 is 2.68 bits per heavy atom. The first-order valence-electron chi connectivity index (χ1n) is 8.16. The van der Waals surface area contributed by atoms with Gasteiger partial charge in [-0.25, -0.2) is 0 Å². The standard InChI is InChI=1S/C16H19F3N4OS/c17-16(18,19)13(24)11-22-7-4-8-23(10-9-22)15-20-14(21-25-15)12-5-2-1-3-6-12/h1-3,5-6,13,24H,4,7-11H2/p+1/t13-/m0/s1. The molecule has 1 aromatic carbocycles. The molecular formula is C16H20F3N4OS+. The van der Waals surface area contributed by atoms with E-state index in [0.717, 1.165) is 28.6 Å². The number of anilines is 1. The van der Waals surface area contributed by atoms with Crippen LogP contribution in [0.25, 0.3) is 11.4 Å². The highest BCUT2D eigenvalue weighted by molar-refractivity contribution is 7.09. The Kier molecular flexibility index (Phi) is 5.55. The van der Waals surface area contributed by atoms with Gasteiger partial charge in [-0.2, -0.15) is 22.5 Å². The van der Waals surface area contributed by atoms with E-state index in [1.54, 1.807) is 0 Å².